The average molecular weight is 536 g/mol. The largest absolute Gasteiger partial charge is 0.466 e. The highest BCUT2D eigenvalue weighted by molar-refractivity contribution is 6.12. The van der Waals surface area contributed by atoms with Crippen LogP contribution in [-0.4, -0.2) is 57.7 Å². The molecule has 206 valence electrons. The third-order valence-corrected chi connectivity index (χ3v) is 7.64. The van der Waals surface area contributed by atoms with Crippen LogP contribution in [0.4, 0.5) is 5.69 Å². The zero-order valence-electron chi connectivity index (χ0n) is 23.0. The van der Waals surface area contributed by atoms with E-state index in [0.29, 0.717) is 11.3 Å². The summed E-state index contributed by atoms with van der Waals surface area (Å²) in [5, 5.41) is 11.3. The Morgan fingerprint density at radius 3 is 2.28 bits per heavy atom. The molecular weight excluding hydrogens is 502 g/mol. The van der Waals surface area contributed by atoms with Gasteiger partial charge in [0.15, 0.2) is 5.72 Å². The standard InChI is InChI=1S/C29H33N3O7/c1-7-37-26(34)22-21-25(33)31(27(4,5)6)24(19-11-9-17(3)10-12-19)28(21)30-23(29(22,39-28)38-8-2)18-13-15-20(16-14-18)32(35)36/h9-16,21-22,24H,7-8H2,1-6H3/t21-,22-,24+,28-,29+/m0/s1. The smallest absolute Gasteiger partial charge is 0.315 e. The molecule has 3 aliphatic rings. The number of rotatable bonds is 7. The van der Waals surface area contributed by atoms with Gasteiger partial charge in [-0.3, -0.25) is 19.7 Å². The van der Waals surface area contributed by atoms with Gasteiger partial charge in [0.25, 0.3) is 5.69 Å². The molecule has 5 atom stereocenters. The van der Waals surface area contributed by atoms with Crippen molar-refractivity contribution in [1.82, 2.24) is 4.90 Å². The molecule has 2 aromatic rings. The Balaban J connectivity index is 1.79. The molecule has 5 rings (SSSR count). The van der Waals surface area contributed by atoms with Gasteiger partial charge >= 0.3 is 5.97 Å². The SMILES string of the molecule is CCOC(=O)[C@@H]1[C@H]2C(=O)N(C(C)(C)C)[C@H](c3ccc(C)cc3)[C@]23N=C(c2ccc([N+](=O)[O-])cc2)[C@]1(OCC)O3. The molecule has 0 radical (unpaired) electrons. The zero-order valence-corrected chi connectivity index (χ0v) is 23.0. The molecule has 3 heterocycles. The van der Waals surface area contributed by atoms with Crippen molar-refractivity contribution in [2.45, 2.75) is 64.6 Å². The summed E-state index contributed by atoms with van der Waals surface area (Å²) < 4.78 is 18.6. The first kappa shape index (κ1) is 27.0. The summed E-state index contributed by atoms with van der Waals surface area (Å²) in [5.74, 6) is -4.70. The fourth-order valence-corrected chi connectivity index (χ4v) is 6.22. The minimum Gasteiger partial charge on any atom is -0.466 e. The summed E-state index contributed by atoms with van der Waals surface area (Å²) >= 11 is 0. The van der Waals surface area contributed by atoms with Gasteiger partial charge in [0.2, 0.25) is 11.7 Å². The highest BCUT2D eigenvalue weighted by Gasteiger charge is 2.82. The van der Waals surface area contributed by atoms with E-state index < -0.39 is 45.8 Å². The van der Waals surface area contributed by atoms with E-state index in [1.165, 1.54) is 12.1 Å². The van der Waals surface area contributed by atoms with Crippen LogP contribution >= 0.6 is 0 Å². The number of nitro benzene ring substituents is 1. The van der Waals surface area contributed by atoms with E-state index in [1.54, 1.807) is 30.9 Å². The second-order valence-corrected chi connectivity index (χ2v) is 11.1. The number of amides is 1. The van der Waals surface area contributed by atoms with Gasteiger partial charge in [0.1, 0.15) is 23.6 Å². The fourth-order valence-electron chi connectivity index (χ4n) is 6.22. The molecule has 0 aromatic heterocycles. The molecule has 2 bridgehead atoms. The lowest BCUT2D eigenvalue weighted by Crippen LogP contribution is -2.54. The number of ether oxygens (including phenoxy) is 3. The van der Waals surface area contributed by atoms with Crippen LogP contribution in [-0.2, 0) is 23.8 Å². The van der Waals surface area contributed by atoms with Gasteiger partial charge in [-0.1, -0.05) is 29.8 Å². The number of aryl methyl sites for hydroxylation is 1. The third-order valence-electron chi connectivity index (χ3n) is 7.64. The lowest BCUT2D eigenvalue weighted by Gasteiger charge is -2.41. The predicted octanol–water partition coefficient (Wildman–Crippen LogP) is 4.34. The minimum atomic E-state index is -1.70. The summed E-state index contributed by atoms with van der Waals surface area (Å²) in [6.07, 6.45) is 0. The maximum Gasteiger partial charge on any atom is 0.315 e. The number of non-ortho nitro benzene ring substituents is 1. The van der Waals surface area contributed by atoms with Gasteiger partial charge in [-0.2, -0.15) is 0 Å². The first-order valence-electron chi connectivity index (χ1n) is 13.2. The fraction of sp³-hybridized carbons (Fsp3) is 0.483. The third kappa shape index (κ3) is 3.88. The van der Waals surface area contributed by atoms with E-state index in [1.807, 2.05) is 52.0 Å². The summed E-state index contributed by atoms with van der Waals surface area (Å²) in [4.78, 5) is 45.7. The molecule has 0 saturated carbocycles. The minimum absolute atomic E-state index is 0.0839. The van der Waals surface area contributed by atoms with Gasteiger partial charge < -0.3 is 19.1 Å². The lowest BCUT2D eigenvalue weighted by atomic mass is 9.75. The van der Waals surface area contributed by atoms with Crippen LogP contribution in [0.3, 0.4) is 0 Å². The van der Waals surface area contributed by atoms with Crippen LogP contribution in [0.1, 0.15) is 57.4 Å². The Labute approximate surface area is 227 Å². The van der Waals surface area contributed by atoms with E-state index in [9.17, 15) is 19.7 Å². The van der Waals surface area contributed by atoms with Crippen molar-refractivity contribution >= 4 is 23.3 Å². The molecule has 0 N–H and O–H groups in total. The van der Waals surface area contributed by atoms with Crippen molar-refractivity contribution in [3.8, 4) is 0 Å². The van der Waals surface area contributed by atoms with Gasteiger partial charge in [0.05, 0.1) is 11.5 Å². The maximum atomic E-state index is 14.3. The number of carbonyl (C=O) groups is 2. The number of likely N-dealkylation sites (tertiary alicyclic amines) is 1. The maximum absolute atomic E-state index is 14.3. The van der Waals surface area contributed by atoms with Crippen molar-refractivity contribution in [3.05, 3.63) is 75.3 Å². The summed E-state index contributed by atoms with van der Waals surface area (Å²) in [7, 11) is 0. The van der Waals surface area contributed by atoms with Crippen LogP contribution in [0.5, 0.6) is 0 Å². The van der Waals surface area contributed by atoms with Gasteiger partial charge in [-0.25, -0.2) is 4.99 Å². The number of fused-ring (bicyclic) bond motifs is 1. The van der Waals surface area contributed by atoms with Gasteiger partial charge in [-0.05, 0) is 59.2 Å². The molecule has 0 unspecified atom stereocenters. The molecule has 2 aromatic carbocycles. The molecule has 0 aliphatic carbocycles. The van der Waals surface area contributed by atoms with E-state index in [-0.39, 0.29) is 24.8 Å². The topological polar surface area (TPSA) is 121 Å². The molecule has 2 fully saturated rings. The summed E-state index contributed by atoms with van der Waals surface area (Å²) in [6, 6.07) is 13.0. The number of hydrogen-bond acceptors (Lipinski definition) is 8. The molecule has 1 spiro atoms. The first-order valence-corrected chi connectivity index (χ1v) is 13.2. The van der Waals surface area contributed by atoms with Crippen LogP contribution in [0.15, 0.2) is 53.5 Å². The van der Waals surface area contributed by atoms with Crippen molar-refractivity contribution in [2.75, 3.05) is 13.2 Å². The highest BCUT2D eigenvalue weighted by Crippen LogP contribution is 2.66. The normalized spacial score (nSPS) is 29.4. The quantitative estimate of drug-likeness (QED) is 0.294. The van der Waals surface area contributed by atoms with Crippen LogP contribution in [0, 0.1) is 28.9 Å². The molecular formula is C29H33N3O7. The number of nitrogens with zero attached hydrogens (tertiary/aromatic N) is 3. The first-order chi connectivity index (χ1) is 18.4. The van der Waals surface area contributed by atoms with Crippen molar-refractivity contribution in [1.29, 1.82) is 0 Å². The number of aliphatic imine (C=N–C) groups is 1. The van der Waals surface area contributed by atoms with Crippen LogP contribution in [0.25, 0.3) is 0 Å². The van der Waals surface area contributed by atoms with Crippen molar-refractivity contribution in [3.63, 3.8) is 0 Å². The monoisotopic (exact) mass is 535 g/mol. The van der Waals surface area contributed by atoms with E-state index >= 15 is 0 Å². The van der Waals surface area contributed by atoms with Crippen molar-refractivity contribution < 1.29 is 28.7 Å². The predicted molar refractivity (Wildman–Crippen MR) is 142 cm³/mol. The number of nitro groups is 1. The van der Waals surface area contributed by atoms with E-state index in [0.717, 1.165) is 11.1 Å². The lowest BCUT2D eigenvalue weighted by molar-refractivity contribution is -0.384. The summed E-state index contributed by atoms with van der Waals surface area (Å²) in [5.41, 5.74) is 0.491. The van der Waals surface area contributed by atoms with Crippen molar-refractivity contribution in [2.24, 2.45) is 16.8 Å². The molecule has 1 amide bonds. The number of benzene rings is 2. The Morgan fingerprint density at radius 2 is 1.74 bits per heavy atom. The van der Waals surface area contributed by atoms with E-state index in [2.05, 4.69) is 0 Å². The number of esters is 1. The summed E-state index contributed by atoms with van der Waals surface area (Å²) in [6.45, 7) is 11.5. The second-order valence-electron chi connectivity index (χ2n) is 11.1. The number of hydrogen-bond donors (Lipinski definition) is 0. The van der Waals surface area contributed by atoms with E-state index in [4.69, 9.17) is 19.2 Å². The Bertz CT molecular complexity index is 1350. The molecule has 10 heteroatoms. The Kier molecular flexibility index (Phi) is 6.38. The number of carbonyl (C=O) groups excluding carboxylic acids is 2. The molecule has 2 saturated heterocycles. The molecule has 3 aliphatic heterocycles. The Morgan fingerprint density at radius 1 is 1.10 bits per heavy atom. The van der Waals surface area contributed by atoms with Crippen LogP contribution < -0.4 is 0 Å². The Hall–Kier alpha value is -3.63. The van der Waals surface area contributed by atoms with Crippen LogP contribution in [0.2, 0.25) is 0 Å². The molecule has 10 nitrogen and oxygen atoms in total. The van der Waals surface area contributed by atoms with Gasteiger partial charge in [0, 0.05) is 29.8 Å². The average Bonchev–Trinajstić information content (AvgIpc) is 3.45. The second kappa shape index (κ2) is 9.24. The molecule has 39 heavy (non-hydrogen) atoms. The zero-order chi connectivity index (χ0) is 28.3. The highest BCUT2D eigenvalue weighted by atomic mass is 16.7. The van der Waals surface area contributed by atoms with Gasteiger partial charge in [-0.15, -0.1) is 0 Å².